The first-order valence-electron chi connectivity index (χ1n) is 17.4. The molecule has 0 radical (unpaired) electrons. The van der Waals surface area contributed by atoms with E-state index in [4.69, 9.17) is 35.0 Å². The molecule has 2 N–H and O–H groups in total. The average Bonchev–Trinajstić information content (AvgIpc) is 3.66. The van der Waals surface area contributed by atoms with Gasteiger partial charge in [0.15, 0.2) is 18.7 Å². The molecule has 3 saturated heterocycles. The van der Waals surface area contributed by atoms with Gasteiger partial charge in [-0.2, -0.15) is 0 Å². The van der Waals surface area contributed by atoms with Crippen LogP contribution in [-0.4, -0.2) is 77.6 Å². The maximum absolute atomic E-state index is 12.8. The summed E-state index contributed by atoms with van der Waals surface area (Å²) in [5.41, 5.74) is 1.24. The molecular weight excluding hydrogens is 576 g/mol. The third kappa shape index (κ3) is 3.34. The molecule has 8 aliphatic carbocycles. The van der Waals surface area contributed by atoms with Gasteiger partial charge < -0.3 is 38.6 Å². The Hall–Kier alpha value is -1.75. The molecule has 13 unspecified atom stereocenters. The zero-order valence-corrected chi connectivity index (χ0v) is 26.1. The molecule has 0 aromatic heterocycles. The molecule has 3 aliphatic heterocycles. The van der Waals surface area contributed by atoms with E-state index in [-0.39, 0.29) is 42.3 Å². The number of hydrogen-bond acceptors (Lipinski definition) is 9. The van der Waals surface area contributed by atoms with Crippen LogP contribution in [0.2, 0.25) is 0 Å². The number of allylic oxidation sites excluding steroid dienone is 1. The Morgan fingerprint density at radius 1 is 0.911 bits per heavy atom. The molecule has 45 heavy (non-hydrogen) atoms. The second kappa shape index (κ2) is 9.03. The third-order valence-corrected chi connectivity index (χ3v) is 15.0. The fourth-order valence-corrected chi connectivity index (χ4v) is 13.3. The quantitative estimate of drug-likeness (QED) is 0.199. The maximum Gasteiger partial charge on any atom is 0.344 e. The van der Waals surface area contributed by atoms with Crippen LogP contribution in [0.1, 0.15) is 58.3 Å². The predicted octanol–water partition coefficient (Wildman–Crippen LogP) is 3.64. The number of ether oxygens (including phenoxy) is 6. The molecule has 11 rings (SSSR count). The number of carbonyl (C=O) groups is 1. The van der Waals surface area contributed by atoms with E-state index in [9.17, 15) is 15.0 Å². The van der Waals surface area contributed by atoms with Crippen LogP contribution in [0.5, 0.6) is 0 Å². The van der Waals surface area contributed by atoms with E-state index in [0.29, 0.717) is 40.9 Å². The lowest BCUT2D eigenvalue weighted by Crippen LogP contribution is -2.64. The second-order valence-corrected chi connectivity index (χ2v) is 16.6. The summed E-state index contributed by atoms with van der Waals surface area (Å²) in [5, 5.41) is 23.1. The van der Waals surface area contributed by atoms with Gasteiger partial charge in [0.1, 0.15) is 36.3 Å². The Kier molecular flexibility index (Phi) is 5.67. The van der Waals surface area contributed by atoms with Gasteiger partial charge in [0, 0.05) is 17.8 Å². The van der Waals surface area contributed by atoms with Gasteiger partial charge in [0.2, 0.25) is 0 Å². The minimum atomic E-state index is -0.897. The summed E-state index contributed by atoms with van der Waals surface area (Å²) in [7, 11) is 0. The van der Waals surface area contributed by atoms with Crippen molar-refractivity contribution in [3.8, 4) is 0 Å². The maximum atomic E-state index is 12.8. The minimum Gasteiger partial charge on any atom is -0.482 e. The van der Waals surface area contributed by atoms with Crippen molar-refractivity contribution in [2.45, 2.75) is 106 Å². The Labute approximate surface area is 264 Å². The molecule has 8 saturated carbocycles. The number of esters is 1. The SMILES string of the molecule is C=C(C)C(=C)OCC(=O)OC[C@H]1O[C@H]2OC3(C(=C)[C@@H]2[C@H]2OC4(O[C@H]21)C1CC2CC(C1)C(O)C4C2)C1CC24CC(CC2CC43)C1O. The molecule has 0 aromatic rings. The standard InChI is InChI=1S/C36H46O9/c1-15(2)17(4)40-14-27(37)41-13-25-31-32(44-36(43-31)22-6-18-5-19(8-22)29(38)23(36)7-18)28-16(3)35(45-33(28)42-25)24-12-34-11-20(30(24)39)9-21(34)10-26(34)35/h18-26,28-33,38-39H,1,3-14H2,2H3/t18?,19?,20?,21?,22?,23?,24?,25-,26?,28-,29?,30?,31+,32-,33+,34?,35?,36?/m1/s1. The summed E-state index contributed by atoms with van der Waals surface area (Å²) in [6, 6.07) is 0. The van der Waals surface area contributed by atoms with Crippen molar-refractivity contribution in [2.75, 3.05) is 13.2 Å². The molecule has 3 heterocycles. The van der Waals surface area contributed by atoms with E-state index in [1.807, 2.05) is 0 Å². The molecule has 9 nitrogen and oxygen atoms in total. The van der Waals surface area contributed by atoms with Crippen molar-refractivity contribution in [3.63, 3.8) is 0 Å². The van der Waals surface area contributed by atoms with Crippen LogP contribution in [0.4, 0.5) is 0 Å². The predicted molar refractivity (Wildman–Crippen MR) is 158 cm³/mol. The summed E-state index contributed by atoms with van der Waals surface area (Å²) in [6.07, 6.45) is 5.20. The van der Waals surface area contributed by atoms with E-state index in [1.165, 1.54) is 0 Å². The number of rotatable bonds is 6. The van der Waals surface area contributed by atoms with E-state index >= 15 is 0 Å². The van der Waals surface area contributed by atoms with Gasteiger partial charge in [-0.05, 0) is 104 Å². The van der Waals surface area contributed by atoms with Crippen LogP contribution in [0.25, 0.3) is 0 Å². The van der Waals surface area contributed by atoms with Gasteiger partial charge in [-0.1, -0.05) is 19.7 Å². The smallest absolute Gasteiger partial charge is 0.344 e. The average molecular weight is 623 g/mol. The number of fused-ring (bicyclic) bond motifs is 7. The lowest BCUT2D eigenvalue weighted by Gasteiger charge is -2.60. The molecule has 11 fully saturated rings. The van der Waals surface area contributed by atoms with Crippen LogP contribution in [0.15, 0.2) is 36.6 Å². The van der Waals surface area contributed by atoms with Crippen molar-refractivity contribution in [1.82, 2.24) is 0 Å². The fourth-order valence-electron chi connectivity index (χ4n) is 13.3. The van der Waals surface area contributed by atoms with E-state index < -0.39 is 54.2 Å². The summed E-state index contributed by atoms with van der Waals surface area (Å²) in [5.74, 6) is 0.999. The summed E-state index contributed by atoms with van der Waals surface area (Å²) in [4.78, 5) is 12.8. The minimum absolute atomic E-state index is 0.00280. The topological polar surface area (TPSA) is 113 Å². The number of aliphatic hydroxyl groups is 2. The van der Waals surface area contributed by atoms with Crippen molar-refractivity contribution >= 4 is 5.97 Å². The molecular formula is C36H46O9. The first-order valence-corrected chi connectivity index (χ1v) is 17.4. The van der Waals surface area contributed by atoms with Crippen LogP contribution < -0.4 is 0 Å². The van der Waals surface area contributed by atoms with Crippen molar-refractivity contribution in [2.24, 2.45) is 58.7 Å². The number of carbonyl (C=O) groups excluding carboxylic acids is 1. The van der Waals surface area contributed by atoms with Gasteiger partial charge in [0.25, 0.3) is 0 Å². The second-order valence-electron chi connectivity index (χ2n) is 16.6. The molecule has 9 heteroatoms. The third-order valence-electron chi connectivity index (χ3n) is 15.0. The van der Waals surface area contributed by atoms with Gasteiger partial charge in [0.05, 0.1) is 18.1 Å². The summed E-state index contributed by atoms with van der Waals surface area (Å²) in [6.45, 7) is 13.8. The molecule has 0 amide bonds. The first-order chi connectivity index (χ1) is 21.6. The molecule has 3 spiro atoms. The first kappa shape index (κ1) is 28.3. The van der Waals surface area contributed by atoms with E-state index in [2.05, 4.69) is 13.2 Å². The fraction of sp³-hybridized carbons (Fsp3) is 0.806. The zero-order valence-electron chi connectivity index (χ0n) is 26.1. The number of hydrogen-bond donors (Lipinski definition) is 2. The highest BCUT2D eigenvalue weighted by atomic mass is 16.8. The van der Waals surface area contributed by atoms with Crippen molar-refractivity contribution < 1.29 is 43.4 Å². The normalized spacial score (nSPS) is 58.5. The Morgan fingerprint density at radius 2 is 1.69 bits per heavy atom. The van der Waals surface area contributed by atoms with Crippen LogP contribution in [0.3, 0.4) is 0 Å². The van der Waals surface area contributed by atoms with Gasteiger partial charge >= 0.3 is 5.97 Å². The van der Waals surface area contributed by atoms with Crippen molar-refractivity contribution in [1.29, 1.82) is 0 Å². The zero-order chi connectivity index (χ0) is 30.8. The lowest BCUT2D eigenvalue weighted by molar-refractivity contribution is -0.325. The summed E-state index contributed by atoms with van der Waals surface area (Å²) < 4.78 is 39.3. The van der Waals surface area contributed by atoms with Crippen LogP contribution in [0, 0.1) is 58.7 Å². The Morgan fingerprint density at radius 3 is 2.51 bits per heavy atom. The molecule has 0 aromatic carbocycles. The van der Waals surface area contributed by atoms with E-state index in [0.717, 1.165) is 56.9 Å². The lowest BCUT2D eigenvalue weighted by atomic mass is 9.52. The highest BCUT2D eigenvalue weighted by Gasteiger charge is 2.82. The largest absolute Gasteiger partial charge is 0.482 e. The highest BCUT2D eigenvalue weighted by Crippen LogP contribution is 2.81. The van der Waals surface area contributed by atoms with Crippen molar-refractivity contribution in [3.05, 3.63) is 36.6 Å². The Bertz CT molecular complexity index is 1390. The molecule has 18 atom stereocenters. The summed E-state index contributed by atoms with van der Waals surface area (Å²) >= 11 is 0. The monoisotopic (exact) mass is 622 g/mol. The molecule has 7 bridgehead atoms. The van der Waals surface area contributed by atoms with Crippen LogP contribution >= 0.6 is 0 Å². The van der Waals surface area contributed by atoms with E-state index in [1.54, 1.807) is 6.92 Å². The highest BCUT2D eigenvalue weighted by molar-refractivity contribution is 5.71. The number of aliphatic hydroxyl groups excluding tert-OH is 2. The van der Waals surface area contributed by atoms with Gasteiger partial charge in [-0.15, -0.1) is 0 Å². The Balaban J connectivity index is 0.972. The van der Waals surface area contributed by atoms with Gasteiger partial charge in [-0.25, -0.2) is 4.79 Å². The van der Waals surface area contributed by atoms with Gasteiger partial charge in [-0.3, -0.25) is 0 Å². The molecule has 244 valence electrons. The molecule has 11 aliphatic rings. The van der Waals surface area contributed by atoms with Crippen LogP contribution in [-0.2, 0) is 33.2 Å².